The van der Waals surface area contributed by atoms with E-state index < -0.39 is 11.1 Å². The van der Waals surface area contributed by atoms with Gasteiger partial charge in [0, 0.05) is 39.3 Å². The summed E-state index contributed by atoms with van der Waals surface area (Å²) in [4.78, 5) is 3.07. The van der Waals surface area contributed by atoms with E-state index in [2.05, 4.69) is 37.1 Å². The maximum atomic E-state index is 9.96. The summed E-state index contributed by atoms with van der Waals surface area (Å²) in [5.74, 6) is 0. The van der Waals surface area contributed by atoms with Gasteiger partial charge in [-0.3, -0.25) is 4.21 Å². The van der Waals surface area contributed by atoms with Crippen LogP contribution in [-0.2, 0) is 40.8 Å². The van der Waals surface area contributed by atoms with Crippen molar-refractivity contribution in [2.75, 3.05) is 28.2 Å². The van der Waals surface area contributed by atoms with Crippen molar-refractivity contribution in [1.82, 2.24) is 9.80 Å². The molecular weight excluding hydrogens is 324 g/mol. The molecular formula is C6H12CuN2O2S4. The summed E-state index contributed by atoms with van der Waals surface area (Å²) in [7, 11) is 6.82. The monoisotopic (exact) mass is 335 g/mol. The Kier molecular flexibility index (Phi) is 15.6. The maximum Gasteiger partial charge on any atom is 2.00 e. The molecule has 0 aromatic carbocycles. The van der Waals surface area contributed by atoms with Gasteiger partial charge in [-0.1, -0.05) is 16.5 Å². The van der Waals surface area contributed by atoms with Gasteiger partial charge in [0.25, 0.3) is 0 Å². The van der Waals surface area contributed by atoms with Gasteiger partial charge in [0.15, 0.2) is 4.32 Å². The molecule has 0 rings (SSSR count). The third-order valence-corrected chi connectivity index (χ3v) is 3.03. The predicted octanol–water partition coefficient (Wildman–Crippen LogP) is 0.0893. The molecule has 0 bridgehead atoms. The van der Waals surface area contributed by atoms with Gasteiger partial charge >= 0.3 is 17.1 Å². The Bertz CT molecular complexity index is 235. The van der Waals surface area contributed by atoms with Gasteiger partial charge in [-0.2, -0.15) is 0 Å². The van der Waals surface area contributed by atoms with Crippen molar-refractivity contribution in [3.8, 4) is 0 Å². The summed E-state index contributed by atoms with van der Waals surface area (Å²) < 4.78 is 20.4. The van der Waals surface area contributed by atoms with Crippen LogP contribution in [0.3, 0.4) is 0 Å². The summed E-state index contributed by atoms with van der Waals surface area (Å²) in [6.45, 7) is 0. The molecule has 0 spiro atoms. The average Bonchev–Trinajstić information content (AvgIpc) is 2.03. The first-order valence-corrected chi connectivity index (χ1v) is 5.69. The Hall–Kier alpha value is 0.629. The molecule has 0 N–H and O–H groups in total. The first kappa shape index (κ1) is 21.0. The molecule has 9 heteroatoms. The van der Waals surface area contributed by atoms with E-state index in [1.54, 1.807) is 19.0 Å². The second-order valence-electron chi connectivity index (χ2n) is 2.56. The van der Waals surface area contributed by atoms with E-state index in [9.17, 15) is 8.76 Å². The Morgan fingerprint density at radius 3 is 1.47 bits per heavy atom. The van der Waals surface area contributed by atoms with Crippen LogP contribution in [0.2, 0.25) is 0 Å². The first-order chi connectivity index (χ1) is 6.20. The van der Waals surface area contributed by atoms with Gasteiger partial charge < -0.3 is 39.2 Å². The van der Waals surface area contributed by atoms with Gasteiger partial charge in [0.2, 0.25) is 0 Å². The van der Waals surface area contributed by atoms with Crippen molar-refractivity contribution in [3.63, 3.8) is 0 Å². The number of hydrogen-bond donors (Lipinski definition) is 0. The largest absolute Gasteiger partial charge is 2.00 e. The number of nitrogens with zero attached hydrogens (tertiary/aromatic N) is 2. The summed E-state index contributed by atoms with van der Waals surface area (Å²) in [5, 5.41) is 0. The van der Waals surface area contributed by atoms with Crippen LogP contribution >= 0.6 is 24.4 Å². The fraction of sp³-hybridized carbons (Fsp3) is 0.667. The smallest absolute Gasteiger partial charge is 0.767 e. The maximum absolute atomic E-state index is 9.96. The van der Waals surface area contributed by atoms with Gasteiger partial charge in [-0.15, -0.1) is 0 Å². The van der Waals surface area contributed by atoms with E-state index in [-0.39, 0.29) is 21.4 Å². The fourth-order valence-electron chi connectivity index (χ4n) is 0.149. The van der Waals surface area contributed by atoms with Gasteiger partial charge in [0.05, 0.1) is 0 Å². The van der Waals surface area contributed by atoms with Crippen LogP contribution in [0.5, 0.6) is 0 Å². The van der Waals surface area contributed by atoms with Gasteiger partial charge in [-0.05, 0) is 0 Å². The quantitative estimate of drug-likeness (QED) is 0.269. The zero-order valence-corrected chi connectivity index (χ0v) is 12.9. The molecule has 0 aromatic rings. The van der Waals surface area contributed by atoms with E-state index in [0.717, 1.165) is 0 Å². The van der Waals surface area contributed by atoms with E-state index in [0.29, 0.717) is 4.32 Å². The number of hydrogen-bond acceptors (Lipinski definition) is 5. The van der Waals surface area contributed by atoms with Crippen molar-refractivity contribution < 1.29 is 25.8 Å². The molecule has 4 nitrogen and oxygen atoms in total. The topological polar surface area (TPSA) is 46.6 Å². The van der Waals surface area contributed by atoms with E-state index in [1.807, 2.05) is 14.1 Å². The van der Waals surface area contributed by atoms with Crippen LogP contribution in [0.1, 0.15) is 0 Å². The molecule has 0 aliphatic heterocycles. The minimum atomic E-state index is -2.23. The minimum absolute atomic E-state index is 0. The summed E-state index contributed by atoms with van der Waals surface area (Å²) in [6.07, 6.45) is 0. The Morgan fingerprint density at radius 2 is 1.47 bits per heavy atom. The van der Waals surface area contributed by atoms with Crippen molar-refractivity contribution in [2.45, 2.75) is 0 Å². The number of thiocarbonyl (C=S) groups is 2. The Labute approximate surface area is 120 Å². The van der Waals surface area contributed by atoms with Crippen molar-refractivity contribution in [1.29, 1.82) is 0 Å². The van der Waals surface area contributed by atoms with Crippen molar-refractivity contribution in [3.05, 3.63) is 0 Å². The summed E-state index contributed by atoms with van der Waals surface area (Å²) in [6, 6.07) is 0. The Balaban J connectivity index is -0.000000187. The Morgan fingerprint density at radius 1 is 1.20 bits per heavy atom. The van der Waals surface area contributed by atoms with Crippen LogP contribution in [0.15, 0.2) is 0 Å². The van der Waals surface area contributed by atoms with Crippen LogP contribution in [0.4, 0.5) is 0 Å². The molecule has 0 saturated carbocycles. The third-order valence-electron chi connectivity index (χ3n) is 0.873. The molecule has 93 valence electrons. The molecule has 1 unspecified atom stereocenters. The molecule has 1 atom stereocenters. The normalized spacial score (nSPS) is 9.93. The zero-order valence-electron chi connectivity index (χ0n) is 8.65. The second kappa shape index (κ2) is 11.1. The molecule has 0 aliphatic rings. The van der Waals surface area contributed by atoms with Crippen LogP contribution in [0.25, 0.3) is 0 Å². The van der Waals surface area contributed by atoms with E-state index in [4.69, 9.17) is 0 Å². The molecule has 0 aliphatic carbocycles. The molecule has 15 heavy (non-hydrogen) atoms. The van der Waals surface area contributed by atoms with Crippen molar-refractivity contribution in [2.24, 2.45) is 0 Å². The number of rotatable bonds is 0. The van der Waals surface area contributed by atoms with E-state index >= 15 is 0 Å². The van der Waals surface area contributed by atoms with Crippen LogP contribution in [-0.4, -0.2) is 55.4 Å². The zero-order chi connectivity index (χ0) is 11.9. The van der Waals surface area contributed by atoms with Gasteiger partial charge in [-0.25, -0.2) is 0 Å². The van der Waals surface area contributed by atoms with Crippen LogP contribution in [0, 0.1) is 0 Å². The first-order valence-electron chi connectivity index (χ1n) is 3.39. The SMILES string of the molecule is CN(C)C(=S)S(=O)[O-].CN(C)C(=S)[S-].[Cu+2]. The molecule has 1 radical (unpaired) electrons. The third kappa shape index (κ3) is 14.6. The van der Waals surface area contributed by atoms with Gasteiger partial charge in [0.1, 0.15) is 0 Å². The molecule has 0 fully saturated rings. The molecule has 0 saturated heterocycles. The predicted molar refractivity (Wildman–Crippen MR) is 68.9 cm³/mol. The van der Waals surface area contributed by atoms with Crippen molar-refractivity contribution >= 4 is 56.8 Å². The van der Waals surface area contributed by atoms with Crippen LogP contribution < -0.4 is 0 Å². The second-order valence-corrected chi connectivity index (χ2v) is 5.09. The average molecular weight is 336 g/mol. The summed E-state index contributed by atoms with van der Waals surface area (Å²) in [5.41, 5.74) is 0. The molecule has 0 heterocycles. The molecule has 0 amide bonds. The standard InChI is InChI=1S/C3H7NO2S2.C3H7NS2.Cu/c1-4(2)3(7)8(5)6;1-4(2)3(5)6;/h1-2H3,(H,5,6);1-2H3,(H,5,6);/q;;+2/p-2. The summed E-state index contributed by atoms with van der Waals surface area (Å²) >= 11 is 11.3. The fourth-order valence-corrected chi connectivity index (χ4v) is 0.447. The molecule has 0 aromatic heterocycles. The minimum Gasteiger partial charge on any atom is -0.767 e. The van der Waals surface area contributed by atoms with E-state index in [1.165, 1.54) is 4.90 Å².